The van der Waals surface area contributed by atoms with Gasteiger partial charge in [0, 0.05) is 32.2 Å². The van der Waals surface area contributed by atoms with Crippen molar-refractivity contribution in [1.82, 2.24) is 20.3 Å². The van der Waals surface area contributed by atoms with Crippen LogP contribution < -0.4 is 5.32 Å². The van der Waals surface area contributed by atoms with Crippen molar-refractivity contribution >= 4 is 30.7 Å². The molecule has 0 aliphatic carbocycles. The lowest BCUT2D eigenvalue weighted by atomic mass is 10.0. The Morgan fingerprint density at radius 3 is 2.61 bits per heavy atom. The molecule has 1 N–H and O–H groups in total. The number of amides is 1. The van der Waals surface area contributed by atoms with Crippen molar-refractivity contribution in [3.8, 4) is 0 Å². The van der Waals surface area contributed by atoms with Gasteiger partial charge in [-0.25, -0.2) is 0 Å². The fourth-order valence-electron chi connectivity index (χ4n) is 3.12. The summed E-state index contributed by atoms with van der Waals surface area (Å²) in [6, 6.07) is 2.02. The van der Waals surface area contributed by atoms with Gasteiger partial charge in [-0.3, -0.25) is 9.69 Å². The largest absolute Gasteiger partial charge is 0.360 e. The van der Waals surface area contributed by atoms with Crippen LogP contribution >= 0.6 is 24.8 Å². The highest BCUT2D eigenvalue weighted by Crippen LogP contribution is 2.13. The van der Waals surface area contributed by atoms with Crippen LogP contribution in [0, 0.1) is 6.92 Å². The van der Waals surface area contributed by atoms with E-state index in [1.54, 1.807) is 0 Å². The normalized spacial score (nSPS) is 22.1. The standard InChI is InChI=1S/C15H24N4O2.2ClH/c1-12-10-13(21-17-12)11-18-6-8-19(9-7-18)15(20)14-4-2-3-5-16-14;;/h10,14,16H,2-9,11H2,1H3;2*1H/t14-;;/m1../s1. The van der Waals surface area contributed by atoms with Crippen molar-refractivity contribution in [2.45, 2.75) is 38.8 Å². The molecule has 0 spiro atoms. The first-order valence-electron chi connectivity index (χ1n) is 7.89. The molecule has 0 aromatic carbocycles. The number of hydrogen-bond donors (Lipinski definition) is 1. The average molecular weight is 365 g/mol. The Hall–Kier alpha value is -0.820. The molecule has 1 amide bonds. The van der Waals surface area contributed by atoms with Crippen molar-refractivity contribution in [2.75, 3.05) is 32.7 Å². The zero-order chi connectivity index (χ0) is 14.7. The first kappa shape index (κ1) is 20.2. The monoisotopic (exact) mass is 364 g/mol. The van der Waals surface area contributed by atoms with Gasteiger partial charge in [-0.2, -0.15) is 0 Å². The first-order valence-corrected chi connectivity index (χ1v) is 7.89. The minimum Gasteiger partial charge on any atom is -0.360 e. The lowest BCUT2D eigenvalue weighted by Crippen LogP contribution is -2.54. The van der Waals surface area contributed by atoms with E-state index in [4.69, 9.17) is 4.52 Å². The molecule has 1 aromatic rings. The highest BCUT2D eigenvalue weighted by Gasteiger charge is 2.28. The summed E-state index contributed by atoms with van der Waals surface area (Å²) in [7, 11) is 0. The number of aryl methyl sites for hydroxylation is 1. The Labute approximate surface area is 149 Å². The smallest absolute Gasteiger partial charge is 0.239 e. The lowest BCUT2D eigenvalue weighted by molar-refractivity contribution is -0.135. The number of nitrogens with one attached hydrogen (secondary N) is 1. The summed E-state index contributed by atoms with van der Waals surface area (Å²) in [5.41, 5.74) is 0.919. The van der Waals surface area contributed by atoms with E-state index < -0.39 is 0 Å². The number of nitrogens with zero attached hydrogens (tertiary/aromatic N) is 3. The maximum atomic E-state index is 12.4. The number of rotatable bonds is 3. The Morgan fingerprint density at radius 1 is 1.30 bits per heavy atom. The van der Waals surface area contributed by atoms with Gasteiger partial charge in [0.15, 0.2) is 5.76 Å². The van der Waals surface area contributed by atoms with Gasteiger partial charge in [0.2, 0.25) is 5.91 Å². The van der Waals surface area contributed by atoms with Gasteiger partial charge in [-0.1, -0.05) is 11.6 Å². The molecule has 6 nitrogen and oxygen atoms in total. The van der Waals surface area contributed by atoms with Crippen molar-refractivity contribution in [3.05, 3.63) is 17.5 Å². The van der Waals surface area contributed by atoms with Crippen molar-refractivity contribution in [2.24, 2.45) is 0 Å². The van der Waals surface area contributed by atoms with E-state index in [-0.39, 0.29) is 36.8 Å². The lowest BCUT2D eigenvalue weighted by Gasteiger charge is -2.36. The fraction of sp³-hybridized carbons (Fsp3) is 0.733. The molecule has 0 radical (unpaired) electrons. The molecule has 132 valence electrons. The molecular weight excluding hydrogens is 339 g/mol. The molecule has 1 atom stereocenters. The van der Waals surface area contributed by atoms with Crippen molar-refractivity contribution in [1.29, 1.82) is 0 Å². The van der Waals surface area contributed by atoms with Crippen LogP contribution in [-0.2, 0) is 11.3 Å². The number of carbonyl (C=O) groups is 1. The van der Waals surface area contributed by atoms with Crippen LogP contribution in [0.15, 0.2) is 10.6 Å². The summed E-state index contributed by atoms with van der Waals surface area (Å²) in [6.45, 7) is 7.11. The molecule has 0 unspecified atom stereocenters. The molecule has 2 saturated heterocycles. The minimum atomic E-state index is 0. The quantitative estimate of drug-likeness (QED) is 0.882. The number of hydrogen-bond acceptors (Lipinski definition) is 5. The van der Waals surface area contributed by atoms with Gasteiger partial charge >= 0.3 is 0 Å². The molecule has 1 aromatic heterocycles. The number of halogens is 2. The van der Waals surface area contributed by atoms with Gasteiger partial charge in [0.25, 0.3) is 0 Å². The van der Waals surface area contributed by atoms with Gasteiger partial charge in [-0.05, 0) is 26.3 Å². The van der Waals surface area contributed by atoms with E-state index in [0.717, 1.165) is 63.6 Å². The van der Waals surface area contributed by atoms with Crippen LogP contribution in [0.2, 0.25) is 0 Å². The Balaban J connectivity index is 0.00000132. The van der Waals surface area contributed by atoms with Crippen molar-refractivity contribution in [3.63, 3.8) is 0 Å². The predicted octanol–water partition coefficient (Wildman–Crippen LogP) is 1.61. The maximum Gasteiger partial charge on any atom is 0.239 e. The fourth-order valence-corrected chi connectivity index (χ4v) is 3.12. The topological polar surface area (TPSA) is 61.6 Å². The summed E-state index contributed by atoms with van der Waals surface area (Å²) in [5.74, 6) is 1.19. The SMILES string of the molecule is Cc1cc(CN2CCN(C(=O)[C@H]3CCCCN3)CC2)on1.Cl.Cl. The van der Waals surface area contributed by atoms with E-state index in [0.29, 0.717) is 0 Å². The molecule has 2 aliphatic rings. The molecule has 2 fully saturated rings. The zero-order valence-corrected chi connectivity index (χ0v) is 15.1. The number of aromatic nitrogens is 1. The number of piperidine rings is 1. The molecule has 3 rings (SSSR count). The van der Waals surface area contributed by atoms with Crippen molar-refractivity contribution < 1.29 is 9.32 Å². The number of piperazine rings is 1. The molecule has 0 saturated carbocycles. The minimum absolute atomic E-state index is 0. The van der Waals surface area contributed by atoms with Crippen LogP contribution in [0.5, 0.6) is 0 Å². The highest BCUT2D eigenvalue weighted by molar-refractivity contribution is 5.85. The summed E-state index contributed by atoms with van der Waals surface area (Å²) in [5, 5.41) is 7.25. The zero-order valence-electron chi connectivity index (χ0n) is 13.5. The Bertz CT molecular complexity index is 484. The van der Waals surface area contributed by atoms with E-state index >= 15 is 0 Å². The van der Waals surface area contributed by atoms with Gasteiger partial charge < -0.3 is 14.7 Å². The maximum absolute atomic E-state index is 12.4. The molecule has 23 heavy (non-hydrogen) atoms. The molecular formula is C15H26Cl2N4O2. The molecule has 3 heterocycles. The molecule has 8 heteroatoms. The van der Waals surface area contributed by atoms with Gasteiger partial charge in [0.05, 0.1) is 18.3 Å². The second kappa shape index (κ2) is 9.47. The van der Waals surface area contributed by atoms with E-state index in [9.17, 15) is 4.79 Å². The van der Waals surface area contributed by atoms with E-state index in [1.807, 2.05) is 17.9 Å². The highest BCUT2D eigenvalue weighted by atomic mass is 35.5. The van der Waals surface area contributed by atoms with Crippen LogP contribution in [0.3, 0.4) is 0 Å². The first-order chi connectivity index (χ1) is 10.2. The second-order valence-electron chi connectivity index (χ2n) is 6.04. The summed E-state index contributed by atoms with van der Waals surface area (Å²) < 4.78 is 5.25. The third kappa shape index (κ3) is 5.35. The third-order valence-electron chi connectivity index (χ3n) is 4.35. The van der Waals surface area contributed by atoms with Gasteiger partial charge in [0.1, 0.15) is 0 Å². The summed E-state index contributed by atoms with van der Waals surface area (Å²) in [4.78, 5) is 16.8. The predicted molar refractivity (Wildman–Crippen MR) is 93.2 cm³/mol. The van der Waals surface area contributed by atoms with Gasteiger partial charge in [-0.15, -0.1) is 24.8 Å². The molecule has 2 aliphatic heterocycles. The third-order valence-corrected chi connectivity index (χ3v) is 4.35. The Morgan fingerprint density at radius 2 is 2.04 bits per heavy atom. The molecule has 0 bridgehead atoms. The van der Waals surface area contributed by atoms with E-state index in [1.165, 1.54) is 6.42 Å². The number of carbonyl (C=O) groups excluding carboxylic acids is 1. The van der Waals surface area contributed by atoms with E-state index in [2.05, 4.69) is 15.4 Å². The van der Waals surface area contributed by atoms with Crippen LogP contribution in [0.25, 0.3) is 0 Å². The summed E-state index contributed by atoms with van der Waals surface area (Å²) in [6.07, 6.45) is 3.33. The van der Waals surface area contributed by atoms with Crippen LogP contribution in [0.4, 0.5) is 0 Å². The Kier molecular flexibility index (Phi) is 8.33. The second-order valence-corrected chi connectivity index (χ2v) is 6.04. The summed E-state index contributed by atoms with van der Waals surface area (Å²) >= 11 is 0. The van der Waals surface area contributed by atoms with Crippen LogP contribution in [-0.4, -0.2) is 59.6 Å². The van der Waals surface area contributed by atoms with Crippen LogP contribution in [0.1, 0.15) is 30.7 Å². The average Bonchev–Trinajstić information content (AvgIpc) is 2.93.